The Labute approximate surface area is 255 Å². The Bertz CT molecular complexity index is 1750. The van der Waals surface area contributed by atoms with Gasteiger partial charge in [-0.1, -0.05) is 18.2 Å². The van der Waals surface area contributed by atoms with E-state index >= 15 is 0 Å². The topological polar surface area (TPSA) is 98.4 Å². The van der Waals surface area contributed by atoms with E-state index in [0.29, 0.717) is 65.7 Å². The number of halogens is 1. The molecule has 0 spiro atoms. The van der Waals surface area contributed by atoms with Gasteiger partial charge >= 0.3 is 5.97 Å². The second kappa shape index (κ2) is 11.2. The summed E-state index contributed by atoms with van der Waals surface area (Å²) in [5.74, 6) is -0.270. The minimum atomic E-state index is -1.25. The van der Waals surface area contributed by atoms with Gasteiger partial charge in [0.05, 0.1) is 23.1 Å². The minimum absolute atomic E-state index is 0.255. The fourth-order valence-corrected chi connectivity index (χ4v) is 5.85. The summed E-state index contributed by atoms with van der Waals surface area (Å²) in [5, 5.41) is 15.4. The van der Waals surface area contributed by atoms with E-state index in [-0.39, 0.29) is 12.4 Å². The molecule has 3 aliphatic heterocycles. The molecule has 2 aromatic carbocycles. The summed E-state index contributed by atoms with van der Waals surface area (Å²) in [5.41, 5.74) is 3.30. The van der Waals surface area contributed by atoms with E-state index in [1.54, 1.807) is 16.8 Å². The standard InChI is InChI=1S/C34H37FN4O5/c1-21-29(30(32(40)41)44-33(2,3)4)31-38-14-12-34(5,13-15-38)43-17-7-16-42-27-11-10-24(35)19-25(27)22-8-6-9-23(18-22)26-20-28(36-21)39(31)37-26/h6-11,17-20,30H,12-16H2,1-5H3,(H,40,41)/b17-7-/t30-/m0/s1. The summed E-state index contributed by atoms with van der Waals surface area (Å²) in [7, 11) is 0. The Balaban J connectivity index is 1.57. The number of piperidine rings is 1. The number of carboxylic acid groups (broad SMARTS) is 1. The van der Waals surface area contributed by atoms with Crippen LogP contribution in [0.1, 0.15) is 57.9 Å². The van der Waals surface area contributed by atoms with Gasteiger partial charge in [0.15, 0.2) is 11.8 Å². The summed E-state index contributed by atoms with van der Waals surface area (Å²) in [6.07, 6.45) is 3.60. The van der Waals surface area contributed by atoms with E-state index < -0.39 is 23.3 Å². The number of hydrogen-bond acceptors (Lipinski definition) is 7. The first-order valence-corrected chi connectivity index (χ1v) is 14.8. The van der Waals surface area contributed by atoms with Crippen molar-refractivity contribution in [2.75, 3.05) is 24.6 Å². The van der Waals surface area contributed by atoms with Gasteiger partial charge in [0.1, 0.15) is 29.6 Å². The number of anilines is 1. The molecule has 1 N–H and O–H groups in total. The Kier molecular flexibility index (Phi) is 7.57. The monoisotopic (exact) mass is 600 g/mol. The molecule has 6 bridgehead atoms. The molecule has 10 heteroatoms. The van der Waals surface area contributed by atoms with Crippen molar-refractivity contribution in [2.45, 2.75) is 64.8 Å². The molecule has 0 amide bonds. The lowest BCUT2D eigenvalue weighted by atomic mass is 9.92. The Morgan fingerprint density at radius 2 is 1.86 bits per heavy atom. The van der Waals surface area contributed by atoms with Crippen LogP contribution in [0.4, 0.5) is 10.2 Å². The number of ether oxygens (including phenoxy) is 3. The number of nitrogens with zero attached hydrogens (tertiary/aromatic N) is 4. The summed E-state index contributed by atoms with van der Waals surface area (Å²) >= 11 is 0. The van der Waals surface area contributed by atoms with Crippen LogP contribution in [0.25, 0.3) is 28.0 Å². The molecule has 5 heterocycles. The van der Waals surface area contributed by atoms with Crippen molar-refractivity contribution < 1.29 is 28.5 Å². The van der Waals surface area contributed by atoms with Crippen molar-refractivity contribution in [3.63, 3.8) is 0 Å². The largest absolute Gasteiger partial charge is 0.495 e. The van der Waals surface area contributed by atoms with Crippen LogP contribution in [0.3, 0.4) is 0 Å². The van der Waals surface area contributed by atoms with Crippen LogP contribution in [0.2, 0.25) is 0 Å². The second-order valence-electron chi connectivity index (χ2n) is 12.6. The molecule has 1 saturated heterocycles. The molecule has 1 fully saturated rings. The minimum Gasteiger partial charge on any atom is -0.495 e. The Morgan fingerprint density at radius 3 is 2.59 bits per heavy atom. The molecule has 0 radical (unpaired) electrons. The maximum Gasteiger partial charge on any atom is 0.337 e. The van der Waals surface area contributed by atoms with Gasteiger partial charge in [-0.15, -0.1) is 0 Å². The van der Waals surface area contributed by atoms with Crippen molar-refractivity contribution in [3.05, 3.63) is 77.9 Å². The van der Waals surface area contributed by atoms with E-state index in [2.05, 4.69) is 11.8 Å². The van der Waals surface area contributed by atoms with E-state index in [4.69, 9.17) is 24.3 Å². The third-order valence-electron chi connectivity index (χ3n) is 8.08. The number of hydrogen-bond donors (Lipinski definition) is 1. The number of carboxylic acids is 1. The van der Waals surface area contributed by atoms with E-state index in [0.717, 1.165) is 11.1 Å². The van der Waals surface area contributed by atoms with Gasteiger partial charge in [0, 0.05) is 48.8 Å². The van der Waals surface area contributed by atoms with Gasteiger partial charge < -0.3 is 24.2 Å². The molecule has 4 aromatic rings. The van der Waals surface area contributed by atoms with Crippen molar-refractivity contribution in [1.82, 2.24) is 14.6 Å². The first kappa shape index (κ1) is 29.6. The highest BCUT2D eigenvalue weighted by molar-refractivity contribution is 5.80. The number of aromatic nitrogens is 3. The lowest BCUT2D eigenvalue weighted by molar-refractivity contribution is -0.160. The highest BCUT2D eigenvalue weighted by atomic mass is 19.1. The van der Waals surface area contributed by atoms with Crippen LogP contribution in [0.15, 0.2) is 60.9 Å². The maximum atomic E-state index is 14.4. The maximum absolute atomic E-state index is 14.4. The Morgan fingerprint density at radius 1 is 1.11 bits per heavy atom. The normalized spacial score (nSPS) is 17.7. The zero-order valence-corrected chi connectivity index (χ0v) is 25.6. The van der Waals surface area contributed by atoms with E-state index in [1.807, 2.05) is 64.1 Å². The molecule has 3 aliphatic rings. The van der Waals surface area contributed by atoms with Crippen molar-refractivity contribution in [1.29, 1.82) is 0 Å². The van der Waals surface area contributed by atoms with Crippen LogP contribution in [0.5, 0.6) is 5.75 Å². The SMILES string of the molecule is Cc1nc2cc3nn2c(c1[C@H](OC(C)(C)C)C(=O)O)N1CCC(C)(CC1)O/C=C\COc1ccc(F)cc1-c1cccc-3c1. The van der Waals surface area contributed by atoms with Gasteiger partial charge in [0.25, 0.3) is 0 Å². The fourth-order valence-electron chi connectivity index (χ4n) is 5.85. The van der Waals surface area contributed by atoms with Crippen LogP contribution < -0.4 is 9.64 Å². The number of aliphatic carboxylic acids is 1. The molecule has 44 heavy (non-hydrogen) atoms. The lowest BCUT2D eigenvalue weighted by Crippen LogP contribution is -2.45. The molecular formula is C34H37FN4O5. The third kappa shape index (κ3) is 5.86. The van der Waals surface area contributed by atoms with Crippen LogP contribution in [0, 0.1) is 12.7 Å². The van der Waals surface area contributed by atoms with Crippen LogP contribution >= 0.6 is 0 Å². The van der Waals surface area contributed by atoms with Gasteiger partial charge in [-0.3, -0.25) is 0 Å². The first-order chi connectivity index (χ1) is 20.9. The number of benzene rings is 2. The molecule has 9 nitrogen and oxygen atoms in total. The molecule has 230 valence electrons. The molecule has 1 atom stereocenters. The summed E-state index contributed by atoms with van der Waals surface area (Å²) in [6, 6.07) is 14.0. The predicted octanol–water partition coefficient (Wildman–Crippen LogP) is 6.73. The van der Waals surface area contributed by atoms with Crippen LogP contribution in [-0.2, 0) is 14.3 Å². The molecule has 2 aromatic heterocycles. The Hall–Kier alpha value is -4.44. The summed E-state index contributed by atoms with van der Waals surface area (Å²) in [6.45, 7) is 10.9. The number of fused-ring (bicyclic) bond motifs is 5. The highest BCUT2D eigenvalue weighted by Crippen LogP contribution is 2.39. The summed E-state index contributed by atoms with van der Waals surface area (Å²) in [4.78, 5) is 19.7. The average molecular weight is 601 g/mol. The van der Waals surface area contributed by atoms with Gasteiger partial charge in [-0.05, 0) is 70.5 Å². The third-order valence-corrected chi connectivity index (χ3v) is 8.08. The lowest BCUT2D eigenvalue weighted by Gasteiger charge is -2.41. The smallest absolute Gasteiger partial charge is 0.337 e. The zero-order chi connectivity index (χ0) is 31.2. The first-order valence-electron chi connectivity index (χ1n) is 14.8. The van der Waals surface area contributed by atoms with Gasteiger partial charge in [-0.25, -0.2) is 14.2 Å². The quantitative estimate of drug-likeness (QED) is 0.276. The predicted molar refractivity (Wildman–Crippen MR) is 165 cm³/mol. The average Bonchev–Trinajstić information content (AvgIpc) is 3.39. The number of carbonyl (C=O) groups is 1. The van der Waals surface area contributed by atoms with Crippen molar-refractivity contribution in [3.8, 4) is 28.1 Å². The second-order valence-corrected chi connectivity index (χ2v) is 12.6. The molecular weight excluding hydrogens is 563 g/mol. The van der Waals surface area contributed by atoms with Gasteiger partial charge in [0.2, 0.25) is 0 Å². The number of rotatable bonds is 3. The molecule has 0 saturated carbocycles. The van der Waals surface area contributed by atoms with E-state index in [9.17, 15) is 14.3 Å². The molecule has 0 unspecified atom stereocenters. The number of aryl methyl sites for hydroxylation is 1. The molecule has 0 aliphatic carbocycles. The van der Waals surface area contributed by atoms with Crippen molar-refractivity contribution >= 4 is 17.4 Å². The van der Waals surface area contributed by atoms with Crippen molar-refractivity contribution in [2.24, 2.45) is 0 Å². The highest BCUT2D eigenvalue weighted by Gasteiger charge is 2.38. The fraction of sp³-hybridized carbons (Fsp3) is 0.382. The van der Waals surface area contributed by atoms with E-state index in [1.165, 1.54) is 12.1 Å². The molecule has 7 rings (SSSR count). The summed E-state index contributed by atoms with van der Waals surface area (Å²) < 4.78 is 34.6. The van der Waals surface area contributed by atoms with Crippen LogP contribution in [-0.4, -0.2) is 56.6 Å². The van der Waals surface area contributed by atoms with Gasteiger partial charge in [-0.2, -0.15) is 9.61 Å². The zero-order valence-electron chi connectivity index (χ0n) is 25.6.